The van der Waals surface area contributed by atoms with E-state index in [-0.39, 0.29) is 11.6 Å². The van der Waals surface area contributed by atoms with Gasteiger partial charge < -0.3 is 9.47 Å². The number of nitrogens with zero attached hydrogens (tertiary/aromatic N) is 3. The van der Waals surface area contributed by atoms with E-state index in [0.29, 0.717) is 23.5 Å². The third-order valence-electron chi connectivity index (χ3n) is 3.48. The highest BCUT2D eigenvalue weighted by Gasteiger charge is 2.14. The Hall–Kier alpha value is -2.44. The molecule has 1 aromatic heterocycles. The molecule has 0 aliphatic heterocycles. The molecule has 0 fully saturated rings. The van der Waals surface area contributed by atoms with Crippen molar-refractivity contribution in [3.8, 4) is 11.8 Å². The van der Waals surface area contributed by atoms with Crippen LogP contribution in [0.1, 0.15) is 39.0 Å². The Morgan fingerprint density at radius 3 is 2.52 bits per heavy atom. The van der Waals surface area contributed by atoms with Crippen molar-refractivity contribution in [2.75, 3.05) is 13.7 Å². The highest BCUT2D eigenvalue weighted by Crippen LogP contribution is 2.27. The van der Waals surface area contributed by atoms with Crippen LogP contribution in [0.25, 0.3) is 11.0 Å². The summed E-state index contributed by atoms with van der Waals surface area (Å²) in [6.07, 6.45) is 5.64. The largest absolute Gasteiger partial charge is 0.477 e. The minimum absolute atomic E-state index is 0.0255. The molecule has 1 heterocycles. The van der Waals surface area contributed by atoms with Crippen LogP contribution in [0.3, 0.4) is 0 Å². The first-order chi connectivity index (χ1) is 11.2. The molecule has 0 saturated heterocycles. The van der Waals surface area contributed by atoms with Gasteiger partial charge in [-0.15, -0.1) is 0 Å². The highest BCUT2D eigenvalue weighted by atomic mass is 16.6. The molecule has 7 nitrogen and oxygen atoms in total. The molecule has 0 unspecified atom stereocenters. The predicted octanol–water partition coefficient (Wildman–Crippen LogP) is 3.90. The maximum absolute atomic E-state index is 10.9. The number of ether oxygens (including phenoxy) is 2. The van der Waals surface area contributed by atoms with Gasteiger partial charge in [-0.2, -0.15) is 0 Å². The Kier molecular flexibility index (Phi) is 6.08. The summed E-state index contributed by atoms with van der Waals surface area (Å²) < 4.78 is 10.8. The number of non-ortho nitro benzene ring substituents is 1. The topological polar surface area (TPSA) is 87.4 Å². The van der Waals surface area contributed by atoms with Crippen molar-refractivity contribution < 1.29 is 14.4 Å². The quantitative estimate of drug-likeness (QED) is 0.396. The van der Waals surface area contributed by atoms with Crippen LogP contribution in [0.2, 0.25) is 0 Å². The molecule has 0 bridgehead atoms. The number of benzene rings is 1. The predicted molar refractivity (Wildman–Crippen MR) is 87.0 cm³/mol. The molecule has 0 aliphatic carbocycles. The Labute approximate surface area is 134 Å². The van der Waals surface area contributed by atoms with E-state index < -0.39 is 4.92 Å². The molecular weight excluding hydrogens is 298 g/mol. The van der Waals surface area contributed by atoms with Crippen LogP contribution in [-0.2, 0) is 0 Å². The van der Waals surface area contributed by atoms with E-state index in [1.807, 2.05) is 0 Å². The van der Waals surface area contributed by atoms with Gasteiger partial charge in [0.2, 0.25) is 0 Å². The maximum atomic E-state index is 10.9. The van der Waals surface area contributed by atoms with Crippen LogP contribution in [0, 0.1) is 10.1 Å². The molecule has 0 radical (unpaired) electrons. The van der Waals surface area contributed by atoms with Gasteiger partial charge in [0.1, 0.15) is 0 Å². The van der Waals surface area contributed by atoms with E-state index in [9.17, 15) is 10.1 Å². The molecule has 2 rings (SSSR count). The van der Waals surface area contributed by atoms with Gasteiger partial charge in [0.15, 0.2) is 0 Å². The molecule has 23 heavy (non-hydrogen) atoms. The fourth-order valence-electron chi connectivity index (χ4n) is 2.23. The van der Waals surface area contributed by atoms with E-state index in [0.717, 1.165) is 12.8 Å². The summed E-state index contributed by atoms with van der Waals surface area (Å²) in [6, 6.07) is 4.33. The van der Waals surface area contributed by atoms with Crippen molar-refractivity contribution in [1.82, 2.24) is 9.97 Å². The van der Waals surface area contributed by atoms with Crippen molar-refractivity contribution in [2.24, 2.45) is 0 Å². The Balaban J connectivity index is 2.12. The molecule has 7 heteroatoms. The molecule has 0 saturated carbocycles. The molecule has 124 valence electrons. The number of rotatable bonds is 9. The van der Waals surface area contributed by atoms with Gasteiger partial charge in [0, 0.05) is 12.1 Å². The number of unbranched alkanes of at least 4 members (excludes halogenated alkanes) is 4. The Bertz CT molecular complexity index is 676. The third-order valence-corrected chi connectivity index (χ3v) is 3.48. The number of methoxy groups -OCH3 is 1. The Morgan fingerprint density at radius 2 is 1.83 bits per heavy atom. The van der Waals surface area contributed by atoms with E-state index in [1.165, 1.54) is 38.5 Å². The number of nitro benzene ring substituents is 1. The summed E-state index contributed by atoms with van der Waals surface area (Å²) in [4.78, 5) is 19.0. The minimum atomic E-state index is -0.459. The molecular formula is C16H21N3O4. The zero-order valence-corrected chi connectivity index (χ0v) is 13.4. The normalized spacial score (nSPS) is 10.7. The molecule has 1 aromatic carbocycles. The van der Waals surface area contributed by atoms with Gasteiger partial charge >= 0.3 is 0 Å². The molecule has 0 aliphatic rings. The minimum Gasteiger partial charge on any atom is -0.477 e. The van der Waals surface area contributed by atoms with Crippen molar-refractivity contribution in [2.45, 2.75) is 39.0 Å². The van der Waals surface area contributed by atoms with E-state index in [2.05, 4.69) is 16.9 Å². The first-order valence-corrected chi connectivity index (χ1v) is 7.78. The summed E-state index contributed by atoms with van der Waals surface area (Å²) >= 11 is 0. The summed E-state index contributed by atoms with van der Waals surface area (Å²) in [5.41, 5.74) is 0.922. The van der Waals surface area contributed by atoms with E-state index in [4.69, 9.17) is 9.47 Å². The van der Waals surface area contributed by atoms with Crippen LogP contribution < -0.4 is 9.47 Å². The van der Waals surface area contributed by atoms with E-state index >= 15 is 0 Å². The van der Waals surface area contributed by atoms with Crippen molar-refractivity contribution in [3.05, 3.63) is 28.3 Å². The molecule has 0 amide bonds. The maximum Gasteiger partial charge on any atom is 0.278 e. The first kappa shape index (κ1) is 16.9. The number of fused-ring (bicyclic) bond motifs is 1. The first-order valence-electron chi connectivity index (χ1n) is 7.78. The van der Waals surface area contributed by atoms with Crippen LogP contribution in [0.5, 0.6) is 11.8 Å². The van der Waals surface area contributed by atoms with Crippen molar-refractivity contribution in [1.29, 1.82) is 0 Å². The summed E-state index contributed by atoms with van der Waals surface area (Å²) in [5.74, 6) is 0.566. The second-order valence-electron chi connectivity index (χ2n) is 5.23. The summed E-state index contributed by atoms with van der Waals surface area (Å²) in [5, 5.41) is 10.9. The van der Waals surface area contributed by atoms with Gasteiger partial charge in [-0.05, 0) is 12.5 Å². The fraction of sp³-hybridized carbons (Fsp3) is 0.500. The smallest absolute Gasteiger partial charge is 0.278 e. The van der Waals surface area contributed by atoms with Crippen LogP contribution in [-0.4, -0.2) is 28.6 Å². The standard InChI is InChI=1S/C16H21N3O4/c1-3-4-5-6-7-10-23-16-15(22-2)17-13-9-8-12(19(20)21)11-14(13)18-16/h8-9,11H,3-7,10H2,1-2H3. The second-order valence-corrected chi connectivity index (χ2v) is 5.23. The molecule has 0 N–H and O–H groups in total. The second kappa shape index (κ2) is 8.26. The average molecular weight is 319 g/mol. The molecule has 2 aromatic rings. The van der Waals surface area contributed by atoms with Gasteiger partial charge in [0.25, 0.3) is 17.4 Å². The van der Waals surface area contributed by atoms with Crippen LogP contribution in [0.4, 0.5) is 5.69 Å². The van der Waals surface area contributed by atoms with Gasteiger partial charge in [0.05, 0.1) is 29.7 Å². The average Bonchev–Trinajstić information content (AvgIpc) is 2.56. The highest BCUT2D eigenvalue weighted by molar-refractivity contribution is 5.78. The number of aromatic nitrogens is 2. The molecule has 0 spiro atoms. The third kappa shape index (κ3) is 4.51. The van der Waals surface area contributed by atoms with E-state index in [1.54, 1.807) is 6.07 Å². The number of hydrogen-bond donors (Lipinski definition) is 0. The lowest BCUT2D eigenvalue weighted by atomic mass is 10.2. The lowest BCUT2D eigenvalue weighted by molar-refractivity contribution is -0.384. The monoisotopic (exact) mass is 319 g/mol. The van der Waals surface area contributed by atoms with Crippen molar-refractivity contribution in [3.63, 3.8) is 0 Å². The summed E-state index contributed by atoms with van der Waals surface area (Å²) in [7, 11) is 1.50. The zero-order chi connectivity index (χ0) is 16.7. The lowest BCUT2D eigenvalue weighted by Crippen LogP contribution is -2.03. The molecule has 0 atom stereocenters. The number of nitro groups is 1. The SMILES string of the molecule is CCCCCCCOc1nc2cc([N+](=O)[O-])ccc2nc1OC. The van der Waals surface area contributed by atoms with Gasteiger partial charge in [-0.25, -0.2) is 9.97 Å². The van der Waals surface area contributed by atoms with Crippen LogP contribution in [0.15, 0.2) is 18.2 Å². The van der Waals surface area contributed by atoms with Gasteiger partial charge in [-0.1, -0.05) is 32.6 Å². The van der Waals surface area contributed by atoms with Crippen molar-refractivity contribution >= 4 is 16.7 Å². The zero-order valence-electron chi connectivity index (χ0n) is 13.4. The Morgan fingerprint density at radius 1 is 1.09 bits per heavy atom. The lowest BCUT2D eigenvalue weighted by Gasteiger charge is -2.09. The van der Waals surface area contributed by atoms with Crippen LogP contribution >= 0.6 is 0 Å². The summed E-state index contributed by atoms with van der Waals surface area (Å²) in [6.45, 7) is 2.69. The fourth-order valence-corrected chi connectivity index (χ4v) is 2.23. The number of hydrogen-bond acceptors (Lipinski definition) is 6. The van der Waals surface area contributed by atoms with Gasteiger partial charge in [-0.3, -0.25) is 10.1 Å².